The summed E-state index contributed by atoms with van der Waals surface area (Å²) in [6.45, 7) is 7.86. The number of ether oxygens (including phenoxy) is 1. The predicted molar refractivity (Wildman–Crippen MR) is 87.2 cm³/mol. The second-order valence-electron chi connectivity index (χ2n) is 6.23. The van der Waals surface area contributed by atoms with E-state index in [1.807, 2.05) is 0 Å². The minimum absolute atomic E-state index is 0.125. The number of aryl methyl sites for hydroxylation is 1. The van der Waals surface area contributed by atoms with E-state index in [1.54, 1.807) is 0 Å². The first kappa shape index (κ1) is 15.3. The molecule has 5 heteroatoms. The highest BCUT2D eigenvalue weighted by Gasteiger charge is 2.22. The van der Waals surface area contributed by atoms with Crippen molar-refractivity contribution in [2.24, 2.45) is 0 Å². The van der Waals surface area contributed by atoms with Gasteiger partial charge in [-0.2, -0.15) is 0 Å². The lowest BCUT2D eigenvalue weighted by molar-refractivity contribution is -0.123. The average Bonchev–Trinajstić information content (AvgIpc) is 3.01. The number of hydrogen-bond acceptors (Lipinski definition) is 4. The number of hydrogen-bond donors (Lipinski definition) is 1. The molecule has 2 aliphatic heterocycles. The van der Waals surface area contributed by atoms with Crippen molar-refractivity contribution < 1.29 is 9.53 Å². The number of anilines is 1. The van der Waals surface area contributed by atoms with Gasteiger partial charge in [0.1, 0.15) is 0 Å². The van der Waals surface area contributed by atoms with Crippen LogP contribution in [0.4, 0.5) is 5.69 Å². The van der Waals surface area contributed by atoms with E-state index in [2.05, 4.69) is 46.3 Å². The zero-order valence-electron chi connectivity index (χ0n) is 13.3. The van der Waals surface area contributed by atoms with Gasteiger partial charge in [-0.05, 0) is 31.0 Å². The minimum Gasteiger partial charge on any atom is -0.379 e. The van der Waals surface area contributed by atoms with Crippen molar-refractivity contribution in [3.05, 3.63) is 29.8 Å². The number of benzene rings is 1. The Balaban J connectivity index is 1.44. The summed E-state index contributed by atoms with van der Waals surface area (Å²) in [5, 5.41) is 3.06. The Morgan fingerprint density at radius 2 is 2.14 bits per heavy atom. The average molecular weight is 303 g/mol. The number of carbonyl (C=O) groups excluding carboxylic acids is 1. The molecule has 0 bridgehead atoms. The third-order valence-corrected chi connectivity index (χ3v) is 4.40. The molecule has 0 aromatic heterocycles. The van der Waals surface area contributed by atoms with E-state index in [0.717, 1.165) is 39.2 Å². The number of piperazine rings is 1. The lowest BCUT2D eigenvalue weighted by Crippen LogP contribution is -2.50. The quantitative estimate of drug-likeness (QED) is 0.902. The molecule has 1 amide bonds. The van der Waals surface area contributed by atoms with E-state index in [4.69, 9.17) is 4.74 Å². The van der Waals surface area contributed by atoms with Gasteiger partial charge >= 0.3 is 0 Å². The molecule has 3 rings (SSSR count). The molecule has 1 atom stereocenters. The fourth-order valence-electron chi connectivity index (χ4n) is 3.11. The van der Waals surface area contributed by atoms with E-state index in [1.165, 1.54) is 11.3 Å². The topological polar surface area (TPSA) is 44.8 Å². The van der Waals surface area contributed by atoms with Crippen LogP contribution in [0.1, 0.15) is 12.0 Å². The first-order valence-electron chi connectivity index (χ1n) is 8.12. The maximum absolute atomic E-state index is 12.0. The van der Waals surface area contributed by atoms with Crippen LogP contribution < -0.4 is 10.2 Å². The summed E-state index contributed by atoms with van der Waals surface area (Å²) in [4.78, 5) is 16.7. The summed E-state index contributed by atoms with van der Waals surface area (Å²) in [5.41, 5.74) is 2.57. The number of nitrogens with zero attached hydrogens (tertiary/aromatic N) is 2. The van der Waals surface area contributed by atoms with Crippen LogP contribution >= 0.6 is 0 Å². The van der Waals surface area contributed by atoms with Crippen molar-refractivity contribution in [3.63, 3.8) is 0 Å². The van der Waals surface area contributed by atoms with Crippen molar-refractivity contribution in [3.8, 4) is 0 Å². The van der Waals surface area contributed by atoms with Gasteiger partial charge in [-0.1, -0.05) is 12.1 Å². The monoisotopic (exact) mass is 303 g/mol. The lowest BCUT2D eigenvalue weighted by atomic mass is 10.2. The summed E-state index contributed by atoms with van der Waals surface area (Å²) < 4.78 is 5.29. The van der Waals surface area contributed by atoms with Gasteiger partial charge in [-0.25, -0.2) is 0 Å². The van der Waals surface area contributed by atoms with Gasteiger partial charge in [0.2, 0.25) is 5.91 Å². The highest BCUT2D eigenvalue weighted by atomic mass is 16.5. The molecule has 0 saturated carbocycles. The second-order valence-corrected chi connectivity index (χ2v) is 6.23. The van der Waals surface area contributed by atoms with Crippen molar-refractivity contribution in [1.29, 1.82) is 0 Å². The molecule has 1 aromatic rings. The molecule has 0 unspecified atom stereocenters. The van der Waals surface area contributed by atoms with E-state index >= 15 is 0 Å². The fourth-order valence-corrected chi connectivity index (χ4v) is 3.11. The zero-order chi connectivity index (χ0) is 15.4. The standard InChI is InChI=1S/C17H25N3O2/c1-14-3-2-4-16(11-14)20-8-6-19(7-9-20)12-17(21)18-15-5-10-22-13-15/h2-4,11,15H,5-10,12-13H2,1H3,(H,18,21)/t15-/m0/s1. The van der Waals surface area contributed by atoms with Gasteiger partial charge in [0.15, 0.2) is 0 Å². The van der Waals surface area contributed by atoms with Crippen LogP contribution in [-0.4, -0.2) is 62.8 Å². The first-order valence-corrected chi connectivity index (χ1v) is 8.12. The SMILES string of the molecule is Cc1cccc(N2CCN(CC(=O)N[C@H]3CCOC3)CC2)c1. The molecule has 0 spiro atoms. The summed E-state index contributed by atoms with van der Waals surface area (Å²) in [5.74, 6) is 0.125. The molecular formula is C17H25N3O2. The Bertz CT molecular complexity index is 506. The molecule has 1 aromatic carbocycles. The third kappa shape index (κ3) is 3.99. The molecule has 120 valence electrons. The molecule has 1 N–H and O–H groups in total. The smallest absolute Gasteiger partial charge is 0.234 e. The van der Waals surface area contributed by atoms with Gasteiger partial charge < -0.3 is 15.0 Å². The van der Waals surface area contributed by atoms with Gasteiger partial charge in [-0.3, -0.25) is 9.69 Å². The Morgan fingerprint density at radius 1 is 1.32 bits per heavy atom. The molecule has 2 heterocycles. The van der Waals surface area contributed by atoms with Crippen LogP contribution in [0.25, 0.3) is 0 Å². The fraction of sp³-hybridized carbons (Fsp3) is 0.588. The molecule has 0 radical (unpaired) electrons. The maximum Gasteiger partial charge on any atom is 0.234 e. The maximum atomic E-state index is 12.0. The summed E-state index contributed by atoms with van der Waals surface area (Å²) in [6, 6.07) is 8.82. The molecular weight excluding hydrogens is 278 g/mol. The lowest BCUT2D eigenvalue weighted by Gasteiger charge is -2.36. The Labute approximate surface area is 132 Å². The minimum atomic E-state index is 0.125. The van der Waals surface area contributed by atoms with E-state index in [9.17, 15) is 4.79 Å². The predicted octanol–water partition coefficient (Wildman–Crippen LogP) is 1.02. The van der Waals surface area contributed by atoms with Gasteiger partial charge in [0.25, 0.3) is 0 Å². The molecule has 5 nitrogen and oxygen atoms in total. The summed E-state index contributed by atoms with van der Waals surface area (Å²) in [7, 11) is 0. The Kier molecular flexibility index (Phi) is 4.95. The first-order chi connectivity index (χ1) is 10.7. The van der Waals surface area contributed by atoms with Crippen molar-refractivity contribution >= 4 is 11.6 Å². The highest BCUT2D eigenvalue weighted by molar-refractivity contribution is 5.78. The van der Waals surface area contributed by atoms with E-state index in [0.29, 0.717) is 13.2 Å². The van der Waals surface area contributed by atoms with Crippen molar-refractivity contribution in [1.82, 2.24) is 10.2 Å². The summed E-state index contributed by atoms with van der Waals surface area (Å²) in [6.07, 6.45) is 0.937. The Morgan fingerprint density at radius 3 is 2.82 bits per heavy atom. The van der Waals surface area contributed by atoms with Crippen LogP contribution in [0.2, 0.25) is 0 Å². The molecule has 0 aliphatic carbocycles. The van der Waals surface area contributed by atoms with E-state index in [-0.39, 0.29) is 11.9 Å². The number of carbonyl (C=O) groups is 1. The zero-order valence-corrected chi connectivity index (χ0v) is 13.3. The number of amides is 1. The largest absolute Gasteiger partial charge is 0.379 e. The summed E-state index contributed by atoms with van der Waals surface area (Å²) >= 11 is 0. The van der Waals surface area contributed by atoms with Gasteiger partial charge in [0, 0.05) is 38.5 Å². The molecule has 2 saturated heterocycles. The normalized spacial score (nSPS) is 22.8. The highest BCUT2D eigenvalue weighted by Crippen LogP contribution is 2.17. The number of nitrogens with one attached hydrogen (secondary N) is 1. The van der Waals surface area contributed by atoms with Crippen LogP contribution in [-0.2, 0) is 9.53 Å². The third-order valence-electron chi connectivity index (χ3n) is 4.40. The molecule has 2 fully saturated rings. The van der Waals surface area contributed by atoms with E-state index < -0.39 is 0 Å². The second kappa shape index (κ2) is 7.11. The van der Waals surface area contributed by atoms with Crippen molar-refractivity contribution in [2.75, 3.05) is 50.8 Å². The van der Waals surface area contributed by atoms with Crippen LogP contribution in [0.15, 0.2) is 24.3 Å². The van der Waals surface area contributed by atoms with Crippen LogP contribution in [0.3, 0.4) is 0 Å². The number of rotatable bonds is 4. The molecule has 2 aliphatic rings. The van der Waals surface area contributed by atoms with Crippen LogP contribution in [0.5, 0.6) is 0 Å². The van der Waals surface area contributed by atoms with Crippen LogP contribution in [0, 0.1) is 6.92 Å². The van der Waals surface area contributed by atoms with Gasteiger partial charge in [-0.15, -0.1) is 0 Å². The van der Waals surface area contributed by atoms with Crippen molar-refractivity contribution in [2.45, 2.75) is 19.4 Å². The Hall–Kier alpha value is -1.59. The van der Waals surface area contributed by atoms with Gasteiger partial charge in [0.05, 0.1) is 19.2 Å². The molecule has 22 heavy (non-hydrogen) atoms.